The third-order valence-electron chi connectivity index (χ3n) is 7.68. The predicted octanol–water partition coefficient (Wildman–Crippen LogP) is 2.48. The third-order valence-corrected chi connectivity index (χ3v) is 7.68. The number of nitrogens with zero attached hydrogens (tertiary/aromatic N) is 2. The van der Waals surface area contributed by atoms with Crippen LogP contribution in [0.4, 0.5) is 4.79 Å². The lowest BCUT2D eigenvalue weighted by molar-refractivity contribution is -0.127. The Hall–Kier alpha value is -2.47. The monoisotopic (exact) mass is 530 g/mol. The number of rotatable bonds is 10. The zero-order chi connectivity index (χ0) is 28.1. The number of hydrogen-bond donors (Lipinski definition) is 2. The van der Waals surface area contributed by atoms with Crippen LogP contribution in [-0.2, 0) is 18.8 Å². The number of ether oxygens (including phenoxy) is 1. The Bertz CT molecular complexity index is 967. The van der Waals surface area contributed by atoms with Crippen LogP contribution in [-0.4, -0.2) is 97.8 Å². The molecule has 2 fully saturated rings. The fourth-order valence-electron chi connectivity index (χ4n) is 4.75. The Kier molecular flexibility index (Phi) is 9.62. The van der Waals surface area contributed by atoms with Crippen molar-refractivity contribution in [3.63, 3.8) is 0 Å². The average molecular weight is 530 g/mol. The highest BCUT2D eigenvalue weighted by atomic mass is 16.7. The number of nitrogens with one attached hydrogen (secondary N) is 2. The molecule has 0 aliphatic carbocycles. The SMILES string of the molecule is CCCC(=O)N[C@@](B1OC(C)(C)C(C)(C)O1)([C@@H](CC(=O)c1ccccc1)NC(=O)N(C)C)N1CCOCC1. The molecule has 2 aliphatic rings. The molecule has 2 saturated heterocycles. The van der Waals surface area contributed by atoms with Crippen LogP contribution in [0.5, 0.6) is 0 Å². The van der Waals surface area contributed by atoms with Crippen LogP contribution in [0.1, 0.15) is 64.2 Å². The van der Waals surface area contributed by atoms with Crippen molar-refractivity contribution in [1.29, 1.82) is 0 Å². The molecule has 2 atom stereocenters. The fraction of sp³-hybridized carbons (Fsp3) is 0.667. The summed E-state index contributed by atoms with van der Waals surface area (Å²) in [6, 6.07) is 7.64. The number of amides is 3. The van der Waals surface area contributed by atoms with Gasteiger partial charge in [-0.3, -0.25) is 14.5 Å². The first-order valence-corrected chi connectivity index (χ1v) is 13.4. The Balaban J connectivity index is 2.19. The minimum Gasteiger partial charge on any atom is -0.401 e. The second kappa shape index (κ2) is 12.2. The molecule has 3 amide bonds. The summed E-state index contributed by atoms with van der Waals surface area (Å²) in [5.74, 6) is -0.390. The highest BCUT2D eigenvalue weighted by molar-refractivity contribution is 6.50. The van der Waals surface area contributed by atoms with Gasteiger partial charge in [0.05, 0.1) is 30.5 Å². The quantitative estimate of drug-likeness (QED) is 0.353. The smallest absolute Gasteiger partial charge is 0.401 e. The average Bonchev–Trinajstić information content (AvgIpc) is 3.09. The summed E-state index contributed by atoms with van der Waals surface area (Å²) >= 11 is 0. The van der Waals surface area contributed by atoms with Gasteiger partial charge in [0.2, 0.25) is 5.91 Å². The van der Waals surface area contributed by atoms with Crippen molar-refractivity contribution >= 4 is 24.8 Å². The van der Waals surface area contributed by atoms with Gasteiger partial charge in [-0.05, 0) is 34.1 Å². The summed E-state index contributed by atoms with van der Waals surface area (Å²) in [4.78, 5) is 43.6. The van der Waals surface area contributed by atoms with Gasteiger partial charge in [0, 0.05) is 45.6 Å². The van der Waals surface area contributed by atoms with Crippen LogP contribution in [0.2, 0.25) is 0 Å². The molecule has 3 rings (SSSR count). The van der Waals surface area contributed by atoms with E-state index in [2.05, 4.69) is 10.6 Å². The Morgan fingerprint density at radius 3 is 2.16 bits per heavy atom. The van der Waals surface area contributed by atoms with E-state index in [9.17, 15) is 14.4 Å². The maximum atomic E-state index is 13.6. The van der Waals surface area contributed by atoms with Gasteiger partial charge >= 0.3 is 13.1 Å². The van der Waals surface area contributed by atoms with Crippen molar-refractivity contribution < 1.29 is 28.4 Å². The molecule has 0 bridgehead atoms. The lowest BCUT2D eigenvalue weighted by atomic mass is 9.63. The summed E-state index contributed by atoms with van der Waals surface area (Å²) in [6.07, 6.45) is 0.816. The van der Waals surface area contributed by atoms with E-state index < -0.39 is 36.0 Å². The second-order valence-electron chi connectivity index (χ2n) is 11.2. The van der Waals surface area contributed by atoms with E-state index in [4.69, 9.17) is 14.0 Å². The van der Waals surface area contributed by atoms with E-state index in [0.717, 1.165) is 0 Å². The van der Waals surface area contributed by atoms with E-state index in [1.807, 2.05) is 45.6 Å². The van der Waals surface area contributed by atoms with Crippen molar-refractivity contribution in [2.24, 2.45) is 0 Å². The number of Topliss-reactive ketones (excluding diaryl/α,β-unsaturated/α-hetero) is 1. The zero-order valence-corrected chi connectivity index (χ0v) is 23.8. The Morgan fingerprint density at radius 1 is 1.05 bits per heavy atom. The Morgan fingerprint density at radius 2 is 1.63 bits per heavy atom. The molecule has 2 N–H and O–H groups in total. The summed E-state index contributed by atoms with van der Waals surface area (Å²) in [5.41, 5.74) is -2.31. The number of carbonyl (C=O) groups is 3. The summed E-state index contributed by atoms with van der Waals surface area (Å²) in [6.45, 7) is 11.4. The highest BCUT2D eigenvalue weighted by Crippen LogP contribution is 2.42. The molecule has 0 spiro atoms. The fourth-order valence-corrected chi connectivity index (χ4v) is 4.75. The normalized spacial score (nSPS) is 21.3. The molecule has 11 heteroatoms. The molecule has 2 heterocycles. The summed E-state index contributed by atoms with van der Waals surface area (Å²) < 4.78 is 18.8. The van der Waals surface area contributed by atoms with Crippen LogP contribution in [0.3, 0.4) is 0 Å². The summed E-state index contributed by atoms with van der Waals surface area (Å²) in [5, 5.41) is 6.26. The molecule has 1 aromatic carbocycles. The van der Waals surface area contributed by atoms with Gasteiger partial charge in [-0.2, -0.15) is 0 Å². The first-order chi connectivity index (χ1) is 17.8. The van der Waals surface area contributed by atoms with E-state index in [0.29, 0.717) is 38.3 Å². The van der Waals surface area contributed by atoms with Crippen LogP contribution < -0.4 is 10.6 Å². The minimum absolute atomic E-state index is 0.0859. The van der Waals surface area contributed by atoms with Crippen LogP contribution >= 0.6 is 0 Å². The first kappa shape index (κ1) is 30.1. The van der Waals surface area contributed by atoms with Crippen LogP contribution in [0, 0.1) is 0 Å². The molecule has 38 heavy (non-hydrogen) atoms. The number of urea groups is 1. The first-order valence-electron chi connectivity index (χ1n) is 13.4. The van der Waals surface area contributed by atoms with Crippen molar-refractivity contribution in [1.82, 2.24) is 20.4 Å². The van der Waals surface area contributed by atoms with E-state index in [1.165, 1.54) is 4.90 Å². The van der Waals surface area contributed by atoms with Gasteiger partial charge in [-0.15, -0.1) is 0 Å². The molecular formula is C27H43BN4O6. The van der Waals surface area contributed by atoms with E-state index in [1.54, 1.807) is 38.4 Å². The van der Waals surface area contributed by atoms with Crippen molar-refractivity contribution in [3.8, 4) is 0 Å². The lowest BCUT2D eigenvalue weighted by Gasteiger charge is -2.50. The van der Waals surface area contributed by atoms with E-state index in [-0.39, 0.29) is 24.5 Å². The Labute approximate surface area is 226 Å². The maximum Gasteiger partial charge on any atom is 0.503 e. The van der Waals surface area contributed by atoms with Gasteiger partial charge in [0.25, 0.3) is 0 Å². The molecule has 10 nitrogen and oxygen atoms in total. The minimum atomic E-state index is -1.39. The van der Waals surface area contributed by atoms with Gasteiger partial charge in [-0.25, -0.2) is 4.79 Å². The number of ketones is 1. The molecule has 210 valence electrons. The molecular weight excluding hydrogens is 487 g/mol. The molecule has 2 aliphatic heterocycles. The molecule has 0 unspecified atom stereocenters. The zero-order valence-electron chi connectivity index (χ0n) is 23.8. The molecule has 0 aromatic heterocycles. The maximum absolute atomic E-state index is 13.6. The van der Waals surface area contributed by atoms with E-state index >= 15 is 0 Å². The van der Waals surface area contributed by atoms with Gasteiger partial charge in [-0.1, -0.05) is 37.3 Å². The van der Waals surface area contributed by atoms with Gasteiger partial charge in [0.15, 0.2) is 5.78 Å². The van der Waals surface area contributed by atoms with Crippen molar-refractivity contribution in [2.75, 3.05) is 40.4 Å². The number of benzene rings is 1. The number of morpholine rings is 1. The summed E-state index contributed by atoms with van der Waals surface area (Å²) in [7, 11) is 2.28. The highest BCUT2D eigenvalue weighted by Gasteiger charge is 2.65. The van der Waals surface area contributed by atoms with Crippen LogP contribution in [0.25, 0.3) is 0 Å². The molecule has 0 radical (unpaired) electrons. The van der Waals surface area contributed by atoms with Crippen molar-refractivity contribution in [2.45, 2.75) is 76.7 Å². The van der Waals surface area contributed by atoms with Gasteiger partial charge in [0.1, 0.15) is 5.56 Å². The predicted molar refractivity (Wildman–Crippen MR) is 146 cm³/mol. The molecule has 0 saturated carbocycles. The number of carbonyl (C=O) groups excluding carboxylic acids is 3. The standard InChI is InChI=1S/C27H43BN4O6/c1-8-12-23(34)30-27(32-15-17-36-18-16-32,28-37-25(2,3)26(4,5)38-28)22(29-24(35)31(6)7)19-21(33)20-13-10-9-11-14-20/h9-11,13-14,22H,8,12,15-19H2,1-7H3,(H,29,35)(H,30,34)/t22-,27+/m1/s1. The lowest BCUT2D eigenvalue weighted by Crippen LogP contribution is -2.80. The van der Waals surface area contributed by atoms with Crippen LogP contribution in [0.15, 0.2) is 30.3 Å². The molecule has 1 aromatic rings. The third kappa shape index (κ3) is 6.39. The van der Waals surface area contributed by atoms with Crippen molar-refractivity contribution in [3.05, 3.63) is 35.9 Å². The topological polar surface area (TPSA) is 109 Å². The largest absolute Gasteiger partial charge is 0.503 e. The second-order valence-corrected chi connectivity index (χ2v) is 11.2. The van der Waals surface area contributed by atoms with Gasteiger partial charge < -0.3 is 29.6 Å². The number of hydrogen-bond acceptors (Lipinski definition) is 7.